The van der Waals surface area contributed by atoms with Gasteiger partial charge in [0.1, 0.15) is 6.04 Å². The Hall–Kier alpha value is -2.49. The maximum absolute atomic E-state index is 12.6. The second-order valence-corrected chi connectivity index (χ2v) is 6.58. The average molecular weight is 386 g/mol. The fourth-order valence-corrected chi connectivity index (χ4v) is 2.70. The average Bonchev–Trinajstić information content (AvgIpc) is 3.08. The number of nitrogens with zero attached hydrogens (tertiary/aromatic N) is 2. The zero-order valence-corrected chi connectivity index (χ0v) is 14.8. The van der Waals surface area contributed by atoms with Gasteiger partial charge in [-0.2, -0.15) is 13.2 Å². The van der Waals surface area contributed by atoms with E-state index in [1.165, 1.54) is 0 Å². The first kappa shape index (κ1) is 19.8. The second kappa shape index (κ2) is 8.26. The number of aromatic nitrogens is 2. The first-order valence-electron chi connectivity index (χ1n) is 7.79. The highest BCUT2D eigenvalue weighted by molar-refractivity contribution is 7.15. The lowest BCUT2D eigenvalue weighted by Gasteiger charge is -2.23. The van der Waals surface area contributed by atoms with Crippen LogP contribution in [0.25, 0.3) is 0 Å². The van der Waals surface area contributed by atoms with Gasteiger partial charge in [-0.25, -0.2) is 0 Å². The van der Waals surface area contributed by atoms with Crippen LogP contribution in [0.15, 0.2) is 30.3 Å². The van der Waals surface area contributed by atoms with Crippen LogP contribution in [-0.4, -0.2) is 28.1 Å². The molecule has 2 aromatic rings. The molecule has 2 rings (SSSR count). The van der Waals surface area contributed by atoms with E-state index in [1.807, 2.05) is 6.92 Å². The highest BCUT2D eigenvalue weighted by Gasteiger charge is 2.36. The van der Waals surface area contributed by atoms with E-state index >= 15 is 0 Å². The predicted molar refractivity (Wildman–Crippen MR) is 90.7 cm³/mol. The molecule has 0 spiro atoms. The molecule has 0 aliphatic heterocycles. The topological polar surface area (TPSA) is 84.0 Å². The first-order valence-corrected chi connectivity index (χ1v) is 8.61. The third kappa shape index (κ3) is 5.01. The van der Waals surface area contributed by atoms with Gasteiger partial charge in [0.05, 0.1) is 0 Å². The van der Waals surface area contributed by atoms with Crippen LogP contribution in [0.4, 0.5) is 18.3 Å². The molecule has 0 saturated heterocycles. The molecular formula is C16H17F3N4O2S. The largest absolute Gasteiger partial charge is 0.445 e. The van der Waals surface area contributed by atoms with Crippen molar-refractivity contribution >= 4 is 28.3 Å². The number of rotatable bonds is 6. The highest BCUT2D eigenvalue weighted by Crippen LogP contribution is 2.33. The van der Waals surface area contributed by atoms with Crippen LogP contribution in [0.3, 0.4) is 0 Å². The molecule has 10 heteroatoms. The number of halogens is 3. The Balaban J connectivity index is 2.12. The SMILES string of the molecule is CCC(C)C(NC(=O)c1ccccc1)C(=O)Nc1nnc(C(F)(F)F)s1. The van der Waals surface area contributed by atoms with Gasteiger partial charge in [0.15, 0.2) is 0 Å². The minimum absolute atomic E-state index is 0.228. The number of alkyl halides is 3. The van der Waals surface area contributed by atoms with Crippen LogP contribution in [0.2, 0.25) is 0 Å². The number of hydrogen-bond acceptors (Lipinski definition) is 5. The Morgan fingerprint density at radius 1 is 1.19 bits per heavy atom. The van der Waals surface area contributed by atoms with Crippen LogP contribution in [0.1, 0.15) is 35.6 Å². The number of carbonyl (C=O) groups is 2. The summed E-state index contributed by atoms with van der Waals surface area (Å²) in [6.45, 7) is 3.60. The molecule has 0 aliphatic rings. The van der Waals surface area contributed by atoms with Gasteiger partial charge in [0.2, 0.25) is 16.0 Å². The first-order chi connectivity index (χ1) is 12.2. The zero-order valence-electron chi connectivity index (χ0n) is 14.0. The lowest BCUT2D eigenvalue weighted by atomic mass is 9.98. The Kier molecular flexibility index (Phi) is 6.30. The molecule has 1 aromatic carbocycles. The monoisotopic (exact) mass is 386 g/mol. The fraction of sp³-hybridized carbons (Fsp3) is 0.375. The number of nitrogens with one attached hydrogen (secondary N) is 2. The van der Waals surface area contributed by atoms with Gasteiger partial charge < -0.3 is 5.32 Å². The standard InChI is InChI=1S/C16H17F3N4O2S/c1-3-9(2)11(20-12(24)10-7-5-4-6-8-10)13(25)21-15-23-22-14(26-15)16(17,18)19/h4-9,11H,3H2,1-2H3,(H,20,24)(H,21,23,25). The Bertz CT molecular complexity index is 764. The molecule has 1 aromatic heterocycles. The van der Waals surface area contributed by atoms with Crippen molar-refractivity contribution in [2.75, 3.05) is 5.32 Å². The quantitative estimate of drug-likeness (QED) is 0.798. The molecule has 6 nitrogen and oxygen atoms in total. The van der Waals surface area contributed by atoms with Gasteiger partial charge >= 0.3 is 6.18 Å². The number of benzene rings is 1. The van der Waals surface area contributed by atoms with Crippen molar-refractivity contribution in [3.8, 4) is 0 Å². The minimum Gasteiger partial charge on any atom is -0.340 e. The highest BCUT2D eigenvalue weighted by atomic mass is 32.1. The summed E-state index contributed by atoms with van der Waals surface area (Å²) in [5.41, 5.74) is 0.379. The number of anilines is 1. The van der Waals surface area contributed by atoms with Crippen molar-refractivity contribution in [1.82, 2.24) is 15.5 Å². The van der Waals surface area contributed by atoms with Crippen molar-refractivity contribution in [3.63, 3.8) is 0 Å². The van der Waals surface area contributed by atoms with Crippen LogP contribution in [-0.2, 0) is 11.0 Å². The Morgan fingerprint density at radius 2 is 1.85 bits per heavy atom. The van der Waals surface area contributed by atoms with Gasteiger partial charge in [0.25, 0.3) is 5.91 Å². The fourth-order valence-electron chi connectivity index (χ4n) is 2.09. The molecular weight excluding hydrogens is 369 g/mol. The van der Waals surface area contributed by atoms with Crippen molar-refractivity contribution < 1.29 is 22.8 Å². The Labute approximate surface area is 151 Å². The second-order valence-electron chi connectivity index (χ2n) is 5.60. The summed E-state index contributed by atoms with van der Waals surface area (Å²) in [6, 6.07) is 7.40. The smallest absolute Gasteiger partial charge is 0.340 e. The third-order valence-electron chi connectivity index (χ3n) is 3.72. The maximum Gasteiger partial charge on any atom is 0.445 e. The molecule has 0 aliphatic carbocycles. The van der Waals surface area contributed by atoms with E-state index in [0.29, 0.717) is 12.0 Å². The summed E-state index contributed by atoms with van der Waals surface area (Å²) in [5.74, 6) is -1.33. The van der Waals surface area contributed by atoms with E-state index in [2.05, 4.69) is 20.8 Å². The molecule has 2 atom stereocenters. The molecule has 2 unspecified atom stereocenters. The molecule has 0 radical (unpaired) electrons. The van der Waals surface area contributed by atoms with Gasteiger partial charge in [0, 0.05) is 5.56 Å². The summed E-state index contributed by atoms with van der Waals surface area (Å²) in [4.78, 5) is 24.8. The molecule has 2 N–H and O–H groups in total. The molecule has 0 fully saturated rings. The third-order valence-corrected chi connectivity index (χ3v) is 4.60. The number of carbonyl (C=O) groups excluding carboxylic acids is 2. The normalized spacial score (nSPS) is 13.7. The molecule has 26 heavy (non-hydrogen) atoms. The molecule has 140 valence electrons. The van der Waals surface area contributed by atoms with Crippen LogP contribution >= 0.6 is 11.3 Å². The lowest BCUT2D eigenvalue weighted by molar-refractivity contribution is -0.138. The number of hydrogen-bond donors (Lipinski definition) is 2. The van der Waals surface area contributed by atoms with E-state index in [1.54, 1.807) is 37.3 Å². The summed E-state index contributed by atoms with van der Waals surface area (Å²) >= 11 is 0.228. The summed E-state index contributed by atoms with van der Waals surface area (Å²) < 4.78 is 37.7. The van der Waals surface area contributed by atoms with Gasteiger partial charge in [-0.3, -0.25) is 14.9 Å². The van der Waals surface area contributed by atoms with Gasteiger partial charge in [-0.1, -0.05) is 49.8 Å². The summed E-state index contributed by atoms with van der Waals surface area (Å²) in [7, 11) is 0. The molecule has 1 heterocycles. The van der Waals surface area contributed by atoms with Gasteiger partial charge in [-0.05, 0) is 18.1 Å². The van der Waals surface area contributed by atoms with E-state index in [-0.39, 0.29) is 22.4 Å². The Morgan fingerprint density at radius 3 is 2.38 bits per heavy atom. The predicted octanol–water partition coefficient (Wildman–Crippen LogP) is 3.34. The zero-order chi connectivity index (χ0) is 19.3. The molecule has 0 bridgehead atoms. The van der Waals surface area contributed by atoms with Crippen LogP contribution in [0, 0.1) is 5.92 Å². The van der Waals surface area contributed by atoms with Gasteiger partial charge in [-0.15, -0.1) is 10.2 Å². The van der Waals surface area contributed by atoms with Crippen molar-refractivity contribution in [1.29, 1.82) is 0 Å². The van der Waals surface area contributed by atoms with Crippen molar-refractivity contribution in [2.24, 2.45) is 5.92 Å². The minimum atomic E-state index is -4.63. The van der Waals surface area contributed by atoms with E-state index in [0.717, 1.165) is 0 Å². The van der Waals surface area contributed by atoms with E-state index in [4.69, 9.17) is 0 Å². The summed E-state index contributed by atoms with van der Waals surface area (Å²) in [6.07, 6.45) is -4.05. The van der Waals surface area contributed by atoms with Crippen LogP contribution in [0.5, 0.6) is 0 Å². The van der Waals surface area contributed by atoms with E-state index in [9.17, 15) is 22.8 Å². The lowest BCUT2D eigenvalue weighted by Crippen LogP contribution is -2.47. The molecule has 0 saturated carbocycles. The maximum atomic E-state index is 12.6. The van der Waals surface area contributed by atoms with Crippen molar-refractivity contribution in [2.45, 2.75) is 32.5 Å². The van der Waals surface area contributed by atoms with Crippen molar-refractivity contribution in [3.05, 3.63) is 40.9 Å². The van der Waals surface area contributed by atoms with E-state index < -0.39 is 29.0 Å². The number of amides is 2. The van der Waals surface area contributed by atoms with Crippen LogP contribution < -0.4 is 10.6 Å². The summed E-state index contributed by atoms with van der Waals surface area (Å²) in [5, 5.41) is 9.84. The molecule has 2 amide bonds.